The molecule has 0 spiro atoms. The highest BCUT2D eigenvalue weighted by Crippen LogP contribution is 2.24. The van der Waals surface area contributed by atoms with Crippen molar-refractivity contribution in [2.24, 2.45) is 0 Å². The van der Waals surface area contributed by atoms with E-state index in [2.05, 4.69) is 4.98 Å². The Bertz CT molecular complexity index is 603. The molecule has 0 bridgehead atoms. The van der Waals surface area contributed by atoms with Crippen LogP contribution in [0.2, 0.25) is 0 Å². The molecule has 1 aromatic carbocycles. The number of benzene rings is 1. The zero-order valence-electron chi connectivity index (χ0n) is 10.1. The van der Waals surface area contributed by atoms with Gasteiger partial charge in [0.2, 0.25) is 0 Å². The van der Waals surface area contributed by atoms with Gasteiger partial charge in [-0.3, -0.25) is 9.78 Å². The van der Waals surface area contributed by atoms with Crippen LogP contribution >= 0.6 is 0 Å². The number of carbonyl (C=O) groups is 1. The molecule has 0 unspecified atom stereocenters. The van der Waals surface area contributed by atoms with E-state index in [0.29, 0.717) is 11.4 Å². The van der Waals surface area contributed by atoms with Crippen LogP contribution in [0.4, 0.5) is 5.69 Å². The minimum Gasteiger partial charge on any atom is -0.398 e. The molecule has 4 heteroatoms. The van der Waals surface area contributed by atoms with Crippen molar-refractivity contribution in [3.63, 3.8) is 0 Å². The second kappa shape index (κ2) is 4.29. The molecule has 2 heterocycles. The number of anilines is 1. The average molecular weight is 241 g/mol. The Balaban J connectivity index is 2.11. The Morgan fingerprint density at radius 1 is 1.17 bits per heavy atom. The minimum absolute atomic E-state index is 0.0173. The van der Waals surface area contributed by atoms with Crippen LogP contribution < -0.4 is 5.73 Å². The number of likely N-dealkylation sites (tertiary alicyclic amines) is 1. The predicted molar refractivity (Wildman–Crippen MR) is 71.3 cm³/mol. The number of pyridine rings is 1. The number of nitrogen functional groups attached to an aromatic ring is 1. The fourth-order valence-corrected chi connectivity index (χ4v) is 2.47. The molecule has 1 aliphatic heterocycles. The zero-order valence-corrected chi connectivity index (χ0v) is 10.1. The summed E-state index contributed by atoms with van der Waals surface area (Å²) in [7, 11) is 0. The molecular formula is C14H15N3O. The maximum absolute atomic E-state index is 12.4. The summed E-state index contributed by atoms with van der Waals surface area (Å²) < 4.78 is 0. The van der Waals surface area contributed by atoms with Crippen LogP contribution in [0.5, 0.6) is 0 Å². The summed E-state index contributed by atoms with van der Waals surface area (Å²) in [5, 5.41) is 1.74. The second-order valence-corrected chi connectivity index (χ2v) is 4.60. The van der Waals surface area contributed by atoms with E-state index in [4.69, 9.17) is 5.73 Å². The van der Waals surface area contributed by atoms with Crippen LogP contribution in [0.1, 0.15) is 23.3 Å². The van der Waals surface area contributed by atoms with Crippen LogP contribution in [0.25, 0.3) is 10.8 Å². The van der Waals surface area contributed by atoms with Gasteiger partial charge in [-0.25, -0.2) is 0 Å². The smallest absolute Gasteiger partial charge is 0.273 e. The van der Waals surface area contributed by atoms with Gasteiger partial charge in [-0.2, -0.15) is 0 Å². The Morgan fingerprint density at radius 3 is 2.72 bits per heavy atom. The van der Waals surface area contributed by atoms with E-state index in [1.54, 1.807) is 6.20 Å². The fraction of sp³-hybridized carbons (Fsp3) is 0.286. The standard InChI is InChI=1S/C14H15N3O/c15-12-5-3-4-11-10(12)6-7-16-13(11)14(18)17-8-1-2-9-17/h3-7H,1-2,8-9,15H2. The summed E-state index contributed by atoms with van der Waals surface area (Å²) in [6, 6.07) is 7.46. The Hall–Kier alpha value is -2.10. The van der Waals surface area contributed by atoms with Gasteiger partial charge >= 0.3 is 0 Å². The highest BCUT2D eigenvalue weighted by Gasteiger charge is 2.22. The maximum atomic E-state index is 12.4. The molecule has 4 nitrogen and oxygen atoms in total. The monoisotopic (exact) mass is 241 g/mol. The number of aromatic nitrogens is 1. The molecule has 0 aliphatic carbocycles. The van der Waals surface area contributed by atoms with E-state index in [0.717, 1.165) is 36.7 Å². The number of rotatable bonds is 1. The predicted octanol–water partition coefficient (Wildman–Crippen LogP) is 2.05. The van der Waals surface area contributed by atoms with E-state index in [9.17, 15) is 4.79 Å². The van der Waals surface area contributed by atoms with Crippen molar-refractivity contribution in [3.8, 4) is 0 Å². The van der Waals surface area contributed by atoms with Gasteiger partial charge in [0, 0.05) is 35.7 Å². The van der Waals surface area contributed by atoms with Crippen molar-refractivity contribution in [2.75, 3.05) is 18.8 Å². The third-order valence-corrected chi connectivity index (χ3v) is 3.44. The van der Waals surface area contributed by atoms with Gasteiger partial charge < -0.3 is 10.6 Å². The van der Waals surface area contributed by atoms with Crippen LogP contribution in [0, 0.1) is 0 Å². The Labute approximate surface area is 105 Å². The topological polar surface area (TPSA) is 59.2 Å². The average Bonchev–Trinajstić information content (AvgIpc) is 2.92. The van der Waals surface area contributed by atoms with Crippen molar-refractivity contribution in [2.45, 2.75) is 12.8 Å². The molecule has 1 aliphatic rings. The number of nitrogens with two attached hydrogens (primary N) is 1. The molecule has 0 atom stereocenters. The third-order valence-electron chi connectivity index (χ3n) is 3.44. The number of amides is 1. The molecule has 2 aromatic rings. The quantitative estimate of drug-likeness (QED) is 0.777. The van der Waals surface area contributed by atoms with Gasteiger partial charge in [-0.05, 0) is 25.0 Å². The Morgan fingerprint density at radius 2 is 1.94 bits per heavy atom. The molecule has 1 saturated heterocycles. The summed E-state index contributed by atoms with van der Waals surface area (Å²) in [6.07, 6.45) is 3.82. The first-order valence-corrected chi connectivity index (χ1v) is 6.20. The van der Waals surface area contributed by atoms with Gasteiger partial charge in [0.15, 0.2) is 0 Å². The third kappa shape index (κ3) is 1.70. The summed E-state index contributed by atoms with van der Waals surface area (Å²) in [6.45, 7) is 1.67. The van der Waals surface area contributed by atoms with E-state index in [1.165, 1.54) is 0 Å². The van der Waals surface area contributed by atoms with Crippen LogP contribution in [0.15, 0.2) is 30.5 Å². The van der Waals surface area contributed by atoms with Crippen molar-refractivity contribution in [3.05, 3.63) is 36.2 Å². The number of fused-ring (bicyclic) bond motifs is 1. The molecule has 1 amide bonds. The lowest BCUT2D eigenvalue weighted by Gasteiger charge is -2.15. The van der Waals surface area contributed by atoms with Crippen molar-refractivity contribution < 1.29 is 4.79 Å². The first kappa shape index (κ1) is 11.0. The van der Waals surface area contributed by atoms with Crippen LogP contribution in [-0.2, 0) is 0 Å². The first-order chi connectivity index (χ1) is 8.77. The molecule has 1 fully saturated rings. The molecule has 0 saturated carbocycles. The maximum Gasteiger partial charge on any atom is 0.273 e. The Kier molecular flexibility index (Phi) is 2.63. The van der Waals surface area contributed by atoms with Gasteiger partial charge in [-0.15, -0.1) is 0 Å². The lowest BCUT2D eigenvalue weighted by atomic mass is 10.1. The van der Waals surface area contributed by atoms with E-state index >= 15 is 0 Å². The van der Waals surface area contributed by atoms with Gasteiger partial charge in [0.25, 0.3) is 5.91 Å². The molecule has 2 N–H and O–H groups in total. The lowest BCUT2D eigenvalue weighted by molar-refractivity contribution is 0.0789. The highest BCUT2D eigenvalue weighted by atomic mass is 16.2. The van der Waals surface area contributed by atoms with Crippen molar-refractivity contribution >= 4 is 22.4 Å². The summed E-state index contributed by atoms with van der Waals surface area (Å²) >= 11 is 0. The van der Waals surface area contributed by atoms with Crippen LogP contribution in [0.3, 0.4) is 0 Å². The molecule has 92 valence electrons. The summed E-state index contributed by atoms with van der Waals surface area (Å²) in [5.74, 6) is 0.0173. The number of hydrogen-bond acceptors (Lipinski definition) is 3. The molecule has 1 aromatic heterocycles. The van der Waals surface area contributed by atoms with E-state index in [-0.39, 0.29) is 5.91 Å². The number of hydrogen-bond donors (Lipinski definition) is 1. The number of nitrogens with zero attached hydrogens (tertiary/aromatic N) is 2. The minimum atomic E-state index is 0.0173. The summed E-state index contributed by atoms with van der Waals surface area (Å²) in [5.41, 5.74) is 7.13. The van der Waals surface area contributed by atoms with Gasteiger partial charge in [-0.1, -0.05) is 12.1 Å². The molecule has 0 radical (unpaired) electrons. The molecule has 3 rings (SSSR count). The second-order valence-electron chi connectivity index (χ2n) is 4.60. The first-order valence-electron chi connectivity index (χ1n) is 6.20. The molecular weight excluding hydrogens is 226 g/mol. The normalized spacial score (nSPS) is 15.2. The van der Waals surface area contributed by atoms with Crippen molar-refractivity contribution in [1.82, 2.24) is 9.88 Å². The van der Waals surface area contributed by atoms with Gasteiger partial charge in [0.1, 0.15) is 5.69 Å². The van der Waals surface area contributed by atoms with Crippen molar-refractivity contribution in [1.29, 1.82) is 0 Å². The molecule has 18 heavy (non-hydrogen) atoms. The lowest BCUT2D eigenvalue weighted by Crippen LogP contribution is -2.28. The van der Waals surface area contributed by atoms with E-state index in [1.807, 2.05) is 29.2 Å². The largest absolute Gasteiger partial charge is 0.398 e. The SMILES string of the molecule is Nc1cccc2c(C(=O)N3CCCC3)nccc12. The fourth-order valence-electron chi connectivity index (χ4n) is 2.47. The highest BCUT2D eigenvalue weighted by molar-refractivity contribution is 6.07. The zero-order chi connectivity index (χ0) is 12.5. The van der Waals surface area contributed by atoms with E-state index < -0.39 is 0 Å². The van der Waals surface area contributed by atoms with Crippen LogP contribution in [-0.4, -0.2) is 28.9 Å². The number of carbonyl (C=O) groups excluding carboxylic acids is 1. The van der Waals surface area contributed by atoms with Gasteiger partial charge in [0.05, 0.1) is 0 Å². The summed E-state index contributed by atoms with van der Waals surface area (Å²) in [4.78, 5) is 18.5.